The lowest BCUT2D eigenvalue weighted by atomic mass is 10.0. The smallest absolute Gasteiger partial charge is 0.347 e. The van der Waals surface area contributed by atoms with E-state index in [0.717, 1.165) is 21.3 Å². The van der Waals surface area contributed by atoms with E-state index in [-0.39, 0.29) is 43.5 Å². The van der Waals surface area contributed by atoms with Crippen LogP contribution >= 0.6 is 0 Å². The van der Waals surface area contributed by atoms with Crippen LogP contribution in [0.4, 0.5) is 27.9 Å². The van der Waals surface area contributed by atoms with Gasteiger partial charge in [-0.1, -0.05) is 13.8 Å². The van der Waals surface area contributed by atoms with Crippen molar-refractivity contribution in [2.45, 2.75) is 45.1 Å². The van der Waals surface area contributed by atoms with Crippen LogP contribution in [0, 0.1) is 11.7 Å². The minimum Gasteiger partial charge on any atom is -0.347 e. The molecule has 30 heavy (non-hydrogen) atoms. The zero-order chi connectivity index (χ0) is 22.4. The number of hydrogen-bond acceptors (Lipinski definition) is 5. The van der Waals surface area contributed by atoms with Crippen LogP contribution in [0.5, 0.6) is 0 Å². The highest BCUT2D eigenvalue weighted by molar-refractivity contribution is 7.88. The van der Waals surface area contributed by atoms with E-state index >= 15 is 0 Å². The molecule has 2 atom stereocenters. The number of nitrogens with zero attached hydrogens (tertiary/aromatic N) is 4. The van der Waals surface area contributed by atoms with E-state index < -0.39 is 45.3 Å². The molecule has 168 valence electrons. The lowest BCUT2D eigenvalue weighted by Crippen LogP contribution is -2.49. The van der Waals surface area contributed by atoms with Crippen LogP contribution < -0.4 is 5.32 Å². The summed E-state index contributed by atoms with van der Waals surface area (Å²) in [6.07, 6.45) is -4.53. The Kier molecular flexibility index (Phi) is 5.98. The number of sulfonamides is 1. The van der Waals surface area contributed by atoms with Crippen molar-refractivity contribution in [3.63, 3.8) is 0 Å². The van der Waals surface area contributed by atoms with E-state index in [1.165, 1.54) is 0 Å². The van der Waals surface area contributed by atoms with Gasteiger partial charge in [0.15, 0.2) is 5.82 Å². The predicted octanol–water partition coefficient (Wildman–Crippen LogP) is 2.87. The lowest BCUT2D eigenvalue weighted by molar-refractivity contribution is -0.140. The van der Waals surface area contributed by atoms with Gasteiger partial charge in [-0.25, -0.2) is 26.7 Å². The van der Waals surface area contributed by atoms with Crippen molar-refractivity contribution in [2.24, 2.45) is 5.92 Å². The Morgan fingerprint density at radius 2 is 2.00 bits per heavy atom. The van der Waals surface area contributed by atoms with Crippen LogP contribution in [0.1, 0.15) is 31.5 Å². The number of rotatable bonds is 5. The Hall–Kier alpha value is -2.02. The summed E-state index contributed by atoms with van der Waals surface area (Å²) < 4.78 is 94.2. The fraction of sp³-hybridized carbons (Fsp3) is 0.647. The van der Waals surface area contributed by atoms with Crippen molar-refractivity contribution < 1.29 is 30.4 Å². The van der Waals surface area contributed by atoms with E-state index in [4.69, 9.17) is 0 Å². The zero-order valence-electron chi connectivity index (χ0n) is 16.5. The van der Waals surface area contributed by atoms with Gasteiger partial charge in [-0.2, -0.15) is 17.5 Å². The number of halogens is 5. The van der Waals surface area contributed by atoms with Crippen molar-refractivity contribution >= 4 is 21.5 Å². The fourth-order valence-corrected chi connectivity index (χ4v) is 4.35. The first-order valence-electron chi connectivity index (χ1n) is 9.28. The molecule has 0 spiro atoms. The van der Waals surface area contributed by atoms with Gasteiger partial charge in [0, 0.05) is 13.1 Å². The number of nitrogens with one attached hydrogen (secondary N) is 1. The average molecular weight is 455 g/mol. The molecular weight excluding hydrogens is 433 g/mol. The summed E-state index contributed by atoms with van der Waals surface area (Å²) in [5, 5.41) is 6.67. The van der Waals surface area contributed by atoms with Gasteiger partial charge in [-0.15, -0.1) is 5.10 Å². The third kappa shape index (κ3) is 4.51. The number of aromatic nitrogens is 3. The molecule has 0 aliphatic carbocycles. The van der Waals surface area contributed by atoms with Gasteiger partial charge in [0.2, 0.25) is 16.0 Å². The van der Waals surface area contributed by atoms with Crippen LogP contribution in [0.3, 0.4) is 0 Å². The first-order chi connectivity index (χ1) is 13.8. The highest BCUT2D eigenvalue weighted by atomic mass is 32.2. The Balaban J connectivity index is 1.93. The second-order valence-corrected chi connectivity index (χ2v) is 9.77. The van der Waals surface area contributed by atoms with Gasteiger partial charge < -0.3 is 5.32 Å². The van der Waals surface area contributed by atoms with E-state index in [1.54, 1.807) is 13.8 Å². The van der Waals surface area contributed by atoms with Crippen molar-refractivity contribution in [3.05, 3.63) is 23.3 Å². The number of anilines is 1. The number of alkyl halides is 4. The monoisotopic (exact) mass is 455 g/mol. The molecule has 0 aromatic carbocycles. The van der Waals surface area contributed by atoms with Gasteiger partial charge in [0.1, 0.15) is 17.3 Å². The summed E-state index contributed by atoms with van der Waals surface area (Å²) in [4.78, 5) is 3.83. The van der Waals surface area contributed by atoms with Crippen LogP contribution in [-0.2, 0) is 22.6 Å². The molecular formula is C17H22F5N5O2S. The molecule has 7 nitrogen and oxygen atoms in total. The van der Waals surface area contributed by atoms with E-state index in [2.05, 4.69) is 15.4 Å². The van der Waals surface area contributed by atoms with Crippen LogP contribution in [0.25, 0.3) is 5.52 Å². The zero-order valence-corrected chi connectivity index (χ0v) is 17.4. The molecule has 2 aromatic heterocycles. The lowest BCUT2D eigenvalue weighted by Gasteiger charge is -2.33. The highest BCUT2D eigenvalue weighted by Crippen LogP contribution is 2.38. The Bertz CT molecular complexity index is 1040. The van der Waals surface area contributed by atoms with Gasteiger partial charge in [0.05, 0.1) is 24.2 Å². The Morgan fingerprint density at radius 1 is 1.33 bits per heavy atom. The van der Waals surface area contributed by atoms with Crippen LogP contribution in [-0.4, -0.2) is 58.9 Å². The molecule has 0 bridgehead atoms. The molecule has 13 heteroatoms. The average Bonchev–Trinajstić information content (AvgIpc) is 2.87. The molecule has 1 aliphatic rings. The van der Waals surface area contributed by atoms with Crippen molar-refractivity contribution in [1.82, 2.24) is 18.9 Å². The largest absolute Gasteiger partial charge is 0.421 e. The minimum absolute atomic E-state index is 0.0745. The Labute approximate surface area is 170 Å². The second kappa shape index (κ2) is 7.91. The SMILES string of the molecule is CC(C)Cc1c(C(F)(F)F)c(F)c2cnc(N[C@@H]3CCN(S(C)(=O)=O)C[C@H]3F)nn12. The molecule has 0 amide bonds. The van der Waals surface area contributed by atoms with Gasteiger partial charge in [-0.3, -0.25) is 0 Å². The maximum Gasteiger partial charge on any atom is 0.421 e. The van der Waals surface area contributed by atoms with Gasteiger partial charge in [-0.05, 0) is 18.8 Å². The normalized spacial score (nSPS) is 21.5. The molecule has 3 rings (SSSR count). The molecule has 2 aromatic rings. The van der Waals surface area contributed by atoms with E-state index in [0.29, 0.717) is 0 Å². The van der Waals surface area contributed by atoms with Crippen molar-refractivity contribution in [2.75, 3.05) is 24.7 Å². The van der Waals surface area contributed by atoms with Gasteiger partial charge >= 0.3 is 6.18 Å². The van der Waals surface area contributed by atoms with Crippen molar-refractivity contribution in [1.29, 1.82) is 0 Å². The second-order valence-electron chi connectivity index (χ2n) is 7.79. The summed E-state index contributed by atoms with van der Waals surface area (Å²) >= 11 is 0. The summed E-state index contributed by atoms with van der Waals surface area (Å²) in [6.45, 7) is 3.12. The number of hydrogen-bond donors (Lipinski definition) is 1. The standard InChI is InChI=1S/C17H22F5N5O2S/c1-9(2)6-12-14(17(20,21)22)15(19)13-7-23-16(25-27(12)13)24-11-4-5-26(8-10(11)18)30(3,28)29/h7,9-11H,4-6,8H2,1-3H3,(H,24,25)/t10-,11-/m1/s1. The molecule has 0 unspecified atom stereocenters. The van der Waals surface area contributed by atoms with Gasteiger partial charge in [0.25, 0.3) is 0 Å². The topological polar surface area (TPSA) is 79.6 Å². The summed E-state index contributed by atoms with van der Waals surface area (Å²) in [6, 6.07) is -0.837. The molecule has 1 saturated heterocycles. The summed E-state index contributed by atoms with van der Waals surface area (Å²) in [7, 11) is -3.54. The minimum atomic E-state index is -4.90. The first-order valence-corrected chi connectivity index (χ1v) is 11.1. The fourth-order valence-electron chi connectivity index (χ4n) is 3.50. The molecule has 1 N–H and O–H groups in total. The summed E-state index contributed by atoms with van der Waals surface area (Å²) in [5.74, 6) is -1.82. The summed E-state index contributed by atoms with van der Waals surface area (Å²) in [5.41, 5.74) is -2.14. The quantitative estimate of drug-likeness (QED) is 0.702. The van der Waals surface area contributed by atoms with E-state index in [1.807, 2.05) is 0 Å². The van der Waals surface area contributed by atoms with Crippen LogP contribution in [0.2, 0.25) is 0 Å². The van der Waals surface area contributed by atoms with Crippen molar-refractivity contribution in [3.8, 4) is 0 Å². The maximum atomic E-state index is 14.5. The molecule has 1 fully saturated rings. The predicted molar refractivity (Wildman–Crippen MR) is 99.8 cm³/mol. The van der Waals surface area contributed by atoms with E-state index in [9.17, 15) is 30.4 Å². The maximum absolute atomic E-state index is 14.5. The highest BCUT2D eigenvalue weighted by Gasteiger charge is 2.41. The van der Waals surface area contributed by atoms with Crippen LogP contribution in [0.15, 0.2) is 6.20 Å². The molecule has 0 saturated carbocycles. The first kappa shape index (κ1) is 22.7. The Morgan fingerprint density at radius 3 is 2.53 bits per heavy atom. The number of piperidine rings is 1. The molecule has 1 aliphatic heterocycles. The third-order valence-electron chi connectivity index (χ3n) is 4.89. The third-order valence-corrected chi connectivity index (χ3v) is 6.16. The number of fused-ring (bicyclic) bond motifs is 1. The molecule has 3 heterocycles. The molecule has 0 radical (unpaired) electrons.